The first kappa shape index (κ1) is 20.7. The molecule has 3 N–H and O–H groups in total. The smallest absolute Gasteiger partial charge is 0.175 e. The van der Waals surface area contributed by atoms with Crippen molar-refractivity contribution in [2.75, 3.05) is 18.9 Å². The Bertz CT molecular complexity index is 1020. The van der Waals surface area contributed by atoms with E-state index in [1.807, 2.05) is 0 Å². The van der Waals surface area contributed by atoms with Crippen molar-refractivity contribution in [3.8, 4) is 5.75 Å². The summed E-state index contributed by atoms with van der Waals surface area (Å²) in [5, 5.41) is 4.36. The van der Waals surface area contributed by atoms with Gasteiger partial charge in [-0.2, -0.15) is 0 Å². The highest BCUT2D eigenvalue weighted by molar-refractivity contribution is 14.1. The summed E-state index contributed by atoms with van der Waals surface area (Å²) in [6, 6.07) is 4.84. The Morgan fingerprint density at radius 1 is 1.31 bits per heavy atom. The Morgan fingerprint density at radius 3 is 3.00 bits per heavy atom. The van der Waals surface area contributed by atoms with Crippen LogP contribution in [0.25, 0.3) is 11.2 Å². The number of ether oxygens (including phenoxy) is 1. The summed E-state index contributed by atoms with van der Waals surface area (Å²) >= 11 is 4.02. The lowest BCUT2D eigenvalue weighted by molar-refractivity contribution is 0.356. The number of anilines is 1. The van der Waals surface area contributed by atoms with Gasteiger partial charge in [0, 0.05) is 27.5 Å². The fourth-order valence-corrected chi connectivity index (χ4v) is 5.16. The van der Waals surface area contributed by atoms with E-state index in [9.17, 15) is 0 Å². The van der Waals surface area contributed by atoms with Gasteiger partial charge in [0.05, 0.1) is 6.61 Å². The molecule has 0 fully saturated rings. The number of hydrogen-bond acceptors (Lipinski definition) is 7. The third kappa shape index (κ3) is 4.61. The summed E-state index contributed by atoms with van der Waals surface area (Å²) < 4.78 is 9.13. The highest BCUT2D eigenvalue weighted by Crippen LogP contribution is 2.38. The van der Waals surface area contributed by atoms with Crippen molar-refractivity contribution < 1.29 is 4.74 Å². The Labute approximate surface area is 188 Å². The fraction of sp³-hybridized carbons (Fsp3) is 0.450. The maximum absolute atomic E-state index is 6.08. The van der Waals surface area contributed by atoms with Gasteiger partial charge in [-0.15, -0.1) is 0 Å². The minimum Gasteiger partial charge on any atom is -0.493 e. The second-order valence-electron chi connectivity index (χ2n) is 7.38. The average molecular weight is 524 g/mol. The van der Waals surface area contributed by atoms with Gasteiger partial charge in [0.1, 0.15) is 12.1 Å². The molecule has 0 atom stereocenters. The molecule has 154 valence electrons. The van der Waals surface area contributed by atoms with E-state index in [1.165, 1.54) is 15.5 Å². The van der Waals surface area contributed by atoms with Crippen molar-refractivity contribution in [2.45, 2.75) is 55.7 Å². The third-order valence-corrected chi connectivity index (χ3v) is 7.14. The van der Waals surface area contributed by atoms with Crippen LogP contribution < -0.4 is 15.8 Å². The Balaban J connectivity index is 1.60. The molecule has 0 bridgehead atoms. The van der Waals surface area contributed by atoms with Crippen LogP contribution in [0.1, 0.15) is 32.3 Å². The molecule has 0 spiro atoms. The number of fused-ring (bicyclic) bond motifs is 2. The van der Waals surface area contributed by atoms with E-state index >= 15 is 0 Å². The van der Waals surface area contributed by atoms with E-state index in [0.29, 0.717) is 17.4 Å². The van der Waals surface area contributed by atoms with Crippen molar-refractivity contribution in [1.82, 2.24) is 24.8 Å². The summed E-state index contributed by atoms with van der Waals surface area (Å²) in [5.74, 6) is 1.40. The molecular formula is C20H25IN6OS. The molecule has 7 nitrogen and oxygen atoms in total. The van der Waals surface area contributed by atoms with Gasteiger partial charge >= 0.3 is 0 Å². The molecule has 0 radical (unpaired) electrons. The number of aryl methyl sites for hydroxylation is 1. The summed E-state index contributed by atoms with van der Waals surface area (Å²) in [7, 11) is 0. The number of hydrogen-bond donors (Lipinski definition) is 2. The highest BCUT2D eigenvalue weighted by Gasteiger charge is 2.20. The maximum Gasteiger partial charge on any atom is 0.175 e. The van der Waals surface area contributed by atoms with E-state index < -0.39 is 0 Å². The molecule has 9 heteroatoms. The number of unbranched alkanes of at least 4 members (excludes halogenated alkanes) is 1. The van der Waals surface area contributed by atoms with Gasteiger partial charge in [-0.25, -0.2) is 15.0 Å². The van der Waals surface area contributed by atoms with Crippen LogP contribution in [0.3, 0.4) is 0 Å². The van der Waals surface area contributed by atoms with Crippen LogP contribution in [0.2, 0.25) is 0 Å². The summed E-state index contributed by atoms with van der Waals surface area (Å²) in [6.07, 6.45) is 4.61. The van der Waals surface area contributed by atoms with Crippen molar-refractivity contribution >= 4 is 51.3 Å². The number of imidazole rings is 1. The van der Waals surface area contributed by atoms with Crippen LogP contribution in [-0.4, -0.2) is 38.7 Å². The molecule has 3 heterocycles. The molecule has 1 aliphatic rings. The van der Waals surface area contributed by atoms with Crippen LogP contribution in [0.4, 0.5) is 5.82 Å². The molecule has 0 saturated carbocycles. The lowest BCUT2D eigenvalue weighted by Crippen LogP contribution is -2.23. The number of nitrogen functional groups attached to an aromatic ring is 1. The van der Waals surface area contributed by atoms with E-state index in [2.05, 4.69) is 68.4 Å². The first-order valence-corrected chi connectivity index (χ1v) is 11.8. The SMILES string of the molecule is CC(C)NCCCCn1c(Sc2cc3c(cc2I)CCO3)nc2c(N)ncnc21. The molecule has 3 aromatic rings. The predicted octanol–water partition coefficient (Wildman–Crippen LogP) is 3.88. The molecular weight excluding hydrogens is 499 g/mol. The van der Waals surface area contributed by atoms with Gasteiger partial charge in [0.15, 0.2) is 22.1 Å². The van der Waals surface area contributed by atoms with Gasteiger partial charge < -0.3 is 20.4 Å². The quantitative estimate of drug-likeness (QED) is 0.342. The predicted molar refractivity (Wildman–Crippen MR) is 125 cm³/mol. The molecule has 0 amide bonds. The van der Waals surface area contributed by atoms with Gasteiger partial charge in [0.25, 0.3) is 0 Å². The number of benzene rings is 1. The minimum absolute atomic E-state index is 0.420. The molecule has 0 unspecified atom stereocenters. The lowest BCUT2D eigenvalue weighted by atomic mass is 10.2. The largest absolute Gasteiger partial charge is 0.493 e. The monoisotopic (exact) mass is 524 g/mol. The van der Waals surface area contributed by atoms with Crippen molar-refractivity contribution in [3.05, 3.63) is 27.6 Å². The van der Waals surface area contributed by atoms with Gasteiger partial charge in [0.2, 0.25) is 0 Å². The van der Waals surface area contributed by atoms with Crippen LogP contribution in [0.5, 0.6) is 5.75 Å². The minimum atomic E-state index is 0.420. The van der Waals surface area contributed by atoms with E-state index in [1.54, 1.807) is 11.8 Å². The third-order valence-electron chi connectivity index (χ3n) is 4.83. The zero-order valence-corrected chi connectivity index (χ0v) is 19.6. The number of rotatable bonds is 8. The zero-order chi connectivity index (χ0) is 20.4. The molecule has 1 aliphatic heterocycles. The number of halogens is 1. The van der Waals surface area contributed by atoms with Gasteiger partial charge in [-0.1, -0.05) is 25.6 Å². The van der Waals surface area contributed by atoms with E-state index in [4.69, 9.17) is 15.5 Å². The first-order valence-electron chi connectivity index (χ1n) is 9.86. The Morgan fingerprint density at radius 2 is 2.17 bits per heavy atom. The normalized spacial score (nSPS) is 13.2. The second-order valence-corrected chi connectivity index (χ2v) is 9.56. The topological polar surface area (TPSA) is 90.9 Å². The maximum atomic E-state index is 6.08. The van der Waals surface area contributed by atoms with Crippen LogP contribution in [0.15, 0.2) is 28.5 Å². The first-order chi connectivity index (χ1) is 14.0. The van der Waals surface area contributed by atoms with Crippen LogP contribution in [0, 0.1) is 3.57 Å². The molecule has 4 rings (SSSR count). The summed E-state index contributed by atoms with van der Waals surface area (Å²) in [6.45, 7) is 6.94. The Hall–Kier alpha value is -1.59. The highest BCUT2D eigenvalue weighted by atomic mass is 127. The number of nitrogens with one attached hydrogen (secondary N) is 1. The molecule has 0 saturated heterocycles. The standard InChI is InChI=1S/C20H25IN6OS/c1-12(2)23-6-3-4-7-27-19-17(18(22)24-11-25-19)26-20(27)29-16-10-15-13(5-8-28-15)9-14(16)21/h9-12,23H,3-8H2,1-2H3,(H2,22,24,25). The Kier molecular flexibility index (Phi) is 6.45. The average Bonchev–Trinajstić information content (AvgIpc) is 3.27. The van der Waals surface area contributed by atoms with Crippen LogP contribution >= 0.6 is 34.4 Å². The molecule has 0 aliphatic carbocycles. The molecule has 2 aromatic heterocycles. The summed E-state index contributed by atoms with van der Waals surface area (Å²) in [5.41, 5.74) is 8.82. The van der Waals surface area contributed by atoms with Gasteiger partial charge in [-0.3, -0.25) is 0 Å². The van der Waals surface area contributed by atoms with Crippen molar-refractivity contribution in [3.63, 3.8) is 0 Å². The number of nitrogens with two attached hydrogens (primary N) is 1. The zero-order valence-electron chi connectivity index (χ0n) is 16.6. The van der Waals surface area contributed by atoms with Crippen LogP contribution in [-0.2, 0) is 13.0 Å². The fourth-order valence-electron chi connectivity index (χ4n) is 3.35. The molecule has 1 aromatic carbocycles. The van der Waals surface area contributed by atoms with Crippen molar-refractivity contribution in [1.29, 1.82) is 0 Å². The van der Waals surface area contributed by atoms with Gasteiger partial charge in [-0.05, 0) is 59.7 Å². The number of aromatic nitrogens is 4. The van der Waals surface area contributed by atoms with E-state index in [0.717, 1.165) is 60.4 Å². The van der Waals surface area contributed by atoms with Crippen molar-refractivity contribution in [2.24, 2.45) is 0 Å². The number of nitrogens with zero attached hydrogens (tertiary/aromatic N) is 4. The second kappa shape index (κ2) is 9.05. The van der Waals surface area contributed by atoms with E-state index in [-0.39, 0.29) is 0 Å². The lowest BCUT2D eigenvalue weighted by Gasteiger charge is -2.11. The molecule has 29 heavy (non-hydrogen) atoms. The summed E-state index contributed by atoms with van der Waals surface area (Å²) in [4.78, 5) is 14.5.